The van der Waals surface area contributed by atoms with Crippen molar-refractivity contribution in [2.75, 3.05) is 40.2 Å². The molecular weight excluding hydrogens is 232 g/mol. The molecule has 0 fully saturated rings. The minimum absolute atomic E-state index is 0.0725. The molecule has 0 aliphatic carbocycles. The van der Waals surface area contributed by atoms with Gasteiger partial charge in [-0.15, -0.1) is 0 Å². The van der Waals surface area contributed by atoms with Crippen LogP contribution < -0.4 is 10.5 Å². The van der Waals surface area contributed by atoms with Gasteiger partial charge in [-0.2, -0.15) is 0 Å². The van der Waals surface area contributed by atoms with E-state index in [1.165, 1.54) is 0 Å². The van der Waals surface area contributed by atoms with Crippen LogP contribution in [0.2, 0.25) is 0 Å². The van der Waals surface area contributed by atoms with E-state index in [0.29, 0.717) is 30.2 Å². The van der Waals surface area contributed by atoms with Crippen molar-refractivity contribution in [3.63, 3.8) is 0 Å². The molecule has 5 heteroatoms. The average Bonchev–Trinajstić information content (AvgIpc) is 2.37. The lowest BCUT2D eigenvalue weighted by Crippen LogP contribution is -2.28. The van der Waals surface area contributed by atoms with E-state index in [1.54, 1.807) is 44.4 Å². The molecule has 1 rings (SSSR count). The number of rotatable bonds is 6. The number of hydrogen-bond acceptors (Lipinski definition) is 4. The maximum absolute atomic E-state index is 12.1. The van der Waals surface area contributed by atoms with E-state index < -0.39 is 0 Å². The zero-order chi connectivity index (χ0) is 13.5. The molecule has 1 amide bonds. The highest BCUT2D eigenvalue weighted by molar-refractivity contribution is 5.95. The molecule has 1 aromatic carbocycles. The number of anilines is 1. The van der Waals surface area contributed by atoms with Gasteiger partial charge in [-0.3, -0.25) is 4.79 Å². The highest BCUT2D eigenvalue weighted by Gasteiger charge is 2.13. The second-order valence-corrected chi connectivity index (χ2v) is 4.07. The Morgan fingerprint density at radius 2 is 2.06 bits per heavy atom. The molecule has 0 spiro atoms. The molecule has 0 heterocycles. The third-order valence-corrected chi connectivity index (χ3v) is 2.60. The quantitative estimate of drug-likeness (QED) is 0.613. The smallest absolute Gasteiger partial charge is 0.253 e. The van der Waals surface area contributed by atoms with Gasteiger partial charge in [-0.25, -0.2) is 0 Å². The number of nitrogen functional groups attached to an aromatic ring is 1. The van der Waals surface area contributed by atoms with E-state index in [0.717, 1.165) is 6.42 Å². The number of carbonyl (C=O) groups is 1. The van der Waals surface area contributed by atoms with Crippen LogP contribution in [0.25, 0.3) is 0 Å². The molecule has 18 heavy (non-hydrogen) atoms. The molecule has 0 saturated heterocycles. The van der Waals surface area contributed by atoms with Gasteiger partial charge in [-0.05, 0) is 18.6 Å². The summed E-state index contributed by atoms with van der Waals surface area (Å²) in [6.07, 6.45) is 0.804. The van der Waals surface area contributed by atoms with E-state index in [2.05, 4.69) is 0 Å². The summed E-state index contributed by atoms with van der Waals surface area (Å²) < 4.78 is 10.0. The summed E-state index contributed by atoms with van der Waals surface area (Å²) in [6.45, 7) is 1.28. The van der Waals surface area contributed by atoms with Crippen molar-refractivity contribution < 1.29 is 14.3 Å². The Balaban J connectivity index is 2.73. The van der Waals surface area contributed by atoms with Crippen LogP contribution in [0.5, 0.6) is 5.75 Å². The molecule has 0 radical (unpaired) electrons. The average molecular weight is 252 g/mol. The van der Waals surface area contributed by atoms with Gasteiger partial charge >= 0.3 is 0 Å². The Labute approximate surface area is 107 Å². The van der Waals surface area contributed by atoms with E-state index in [-0.39, 0.29) is 5.91 Å². The van der Waals surface area contributed by atoms with Crippen molar-refractivity contribution >= 4 is 11.6 Å². The minimum Gasteiger partial charge on any atom is -0.497 e. The molecule has 100 valence electrons. The topological polar surface area (TPSA) is 64.8 Å². The van der Waals surface area contributed by atoms with Crippen LogP contribution in [0.1, 0.15) is 16.8 Å². The van der Waals surface area contributed by atoms with Crippen LogP contribution in [0.15, 0.2) is 18.2 Å². The Bertz CT molecular complexity index is 407. The summed E-state index contributed by atoms with van der Waals surface area (Å²) in [4.78, 5) is 13.8. The molecule has 0 bridgehead atoms. The Morgan fingerprint density at radius 1 is 1.33 bits per heavy atom. The van der Waals surface area contributed by atoms with E-state index in [9.17, 15) is 4.79 Å². The van der Waals surface area contributed by atoms with Gasteiger partial charge in [0.15, 0.2) is 0 Å². The fraction of sp³-hybridized carbons (Fsp3) is 0.462. The molecule has 0 aliphatic heterocycles. The third-order valence-electron chi connectivity index (χ3n) is 2.60. The first-order chi connectivity index (χ1) is 8.58. The largest absolute Gasteiger partial charge is 0.497 e. The lowest BCUT2D eigenvalue weighted by atomic mass is 10.1. The van der Waals surface area contributed by atoms with Crippen molar-refractivity contribution in [1.29, 1.82) is 0 Å². The van der Waals surface area contributed by atoms with Crippen molar-refractivity contribution in [3.05, 3.63) is 23.8 Å². The van der Waals surface area contributed by atoms with Crippen LogP contribution in [-0.2, 0) is 4.74 Å². The van der Waals surface area contributed by atoms with E-state index >= 15 is 0 Å². The summed E-state index contributed by atoms with van der Waals surface area (Å²) in [5.41, 5.74) is 6.77. The number of carbonyl (C=O) groups excluding carboxylic acids is 1. The van der Waals surface area contributed by atoms with Crippen LogP contribution in [0, 0.1) is 0 Å². The number of ether oxygens (including phenoxy) is 2. The minimum atomic E-state index is -0.0725. The normalized spacial score (nSPS) is 10.2. The van der Waals surface area contributed by atoms with Crippen molar-refractivity contribution in [2.45, 2.75) is 6.42 Å². The Hall–Kier alpha value is -1.75. The number of nitrogens with zero attached hydrogens (tertiary/aromatic N) is 1. The fourth-order valence-electron chi connectivity index (χ4n) is 1.63. The maximum Gasteiger partial charge on any atom is 0.253 e. The molecule has 0 atom stereocenters. The molecular formula is C13H20N2O3. The monoisotopic (exact) mass is 252 g/mol. The van der Waals surface area contributed by atoms with Crippen LogP contribution in [0.3, 0.4) is 0 Å². The molecule has 0 unspecified atom stereocenters. The zero-order valence-electron chi connectivity index (χ0n) is 11.1. The lowest BCUT2D eigenvalue weighted by molar-refractivity contribution is 0.0779. The van der Waals surface area contributed by atoms with Gasteiger partial charge in [0.25, 0.3) is 5.91 Å². The number of methoxy groups -OCH3 is 2. The SMILES string of the molecule is COCCCN(C)C(=O)c1cc(N)cc(OC)c1. The van der Waals surface area contributed by atoms with Crippen molar-refractivity contribution in [1.82, 2.24) is 4.90 Å². The van der Waals surface area contributed by atoms with Crippen LogP contribution in [0.4, 0.5) is 5.69 Å². The summed E-state index contributed by atoms with van der Waals surface area (Å²) >= 11 is 0. The third kappa shape index (κ3) is 3.92. The molecule has 0 aromatic heterocycles. The molecule has 2 N–H and O–H groups in total. The first kappa shape index (κ1) is 14.3. The zero-order valence-corrected chi connectivity index (χ0v) is 11.1. The summed E-state index contributed by atoms with van der Waals surface area (Å²) in [6, 6.07) is 5.02. The number of hydrogen-bond donors (Lipinski definition) is 1. The van der Waals surface area contributed by atoms with Gasteiger partial charge < -0.3 is 20.1 Å². The van der Waals surface area contributed by atoms with Gasteiger partial charge in [0.1, 0.15) is 5.75 Å². The van der Waals surface area contributed by atoms with E-state index in [4.69, 9.17) is 15.2 Å². The summed E-state index contributed by atoms with van der Waals surface area (Å²) in [7, 11) is 4.95. The number of benzene rings is 1. The predicted octanol–water partition coefficient (Wildman–Crippen LogP) is 1.39. The summed E-state index contributed by atoms with van der Waals surface area (Å²) in [5.74, 6) is 0.514. The van der Waals surface area contributed by atoms with Crippen molar-refractivity contribution in [3.8, 4) is 5.75 Å². The number of amides is 1. The van der Waals surface area contributed by atoms with Gasteiger partial charge in [0, 0.05) is 44.6 Å². The molecule has 0 aliphatic rings. The molecule has 0 saturated carbocycles. The lowest BCUT2D eigenvalue weighted by Gasteiger charge is -2.17. The highest BCUT2D eigenvalue weighted by atomic mass is 16.5. The fourth-order valence-corrected chi connectivity index (χ4v) is 1.63. The first-order valence-electron chi connectivity index (χ1n) is 5.77. The highest BCUT2D eigenvalue weighted by Crippen LogP contribution is 2.19. The van der Waals surface area contributed by atoms with Crippen molar-refractivity contribution in [2.24, 2.45) is 0 Å². The second kappa shape index (κ2) is 6.86. The van der Waals surface area contributed by atoms with Crippen LogP contribution in [-0.4, -0.2) is 45.2 Å². The molecule has 1 aromatic rings. The summed E-state index contributed by atoms with van der Waals surface area (Å²) in [5, 5.41) is 0. The second-order valence-electron chi connectivity index (χ2n) is 4.07. The molecule has 5 nitrogen and oxygen atoms in total. The Kier molecular flexibility index (Phi) is 5.45. The first-order valence-corrected chi connectivity index (χ1v) is 5.77. The van der Waals surface area contributed by atoms with Crippen LogP contribution >= 0.6 is 0 Å². The standard InChI is InChI=1S/C13H20N2O3/c1-15(5-4-6-17-2)13(16)10-7-11(14)9-12(8-10)18-3/h7-9H,4-6,14H2,1-3H3. The van der Waals surface area contributed by atoms with Gasteiger partial charge in [0.2, 0.25) is 0 Å². The maximum atomic E-state index is 12.1. The predicted molar refractivity (Wildman–Crippen MR) is 70.9 cm³/mol. The van der Waals surface area contributed by atoms with Gasteiger partial charge in [-0.1, -0.05) is 0 Å². The number of nitrogens with two attached hydrogens (primary N) is 1. The van der Waals surface area contributed by atoms with Gasteiger partial charge in [0.05, 0.1) is 7.11 Å². The Morgan fingerprint density at radius 3 is 2.67 bits per heavy atom. The van der Waals surface area contributed by atoms with E-state index in [1.807, 2.05) is 0 Å².